The fraction of sp³-hybridized carbons (Fsp3) is 0.368. The molecule has 0 N–H and O–H groups in total. The molecule has 2 rings (SSSR count). The number of benzene rings is 1. The Labute approximate surface area is 163 Å². The van der Waals surface area contributed by atoms with E-state index in [2.05, 4.69) is 22.5 Å². The highest BCUT2D eigenvalue weighted by molar-refractivity contribution is 9.10. The largest absolute Gasteiger partial charge is 0.471 e. The van der Waals surface area contributed by atoms with Gasteiger partial charge in [-0.15, -0.1) is 6.58 Å². The number of alkyl halides is 3. The summed E-state index contributed by atoms with van der Waals surface area (Å²) in [7, 11) is 1.07. The Hall–Kier alpha value is -2.09. The molecule has 0 radical (unpaired) electrons. The second kappa shape index (κ2) is 7.88. The van der Waals surface area contributed by atoms with Crippen molar-refractivity contribution in [2.24, 2.45) is 5.92 Å². The molecule has 1 aromatic carbocycles. The second-order valence-corrected chi connectivity index (χ2v) is 7.12. The lowest BCUT2D eigenvalue weighted by Gasteiger charge is -2.48. The van der Waals surface area contributed by atoms with Gasteiger partial charge in [0.05, 0.1) is 13.2 Å². The van der Waals surface area contributed by atoms with Crippen molar-refractivity contribution in [2.45, 2.75) is 31.1 Å². The first-order valence-electron chi connectivity index (χ1n) is 8.13. The summed E-state index contributed by atoms with van der Waals surface area (Å²) in [6.07, 6.45) is -1.14. The smallest absolute Gasteiger partial charge is 0.467 e. The van der Waals surface area contributed by atoms with Crippen molar-refractivity contribution < 1.29 is 27.5 Å². The lowest BCUT2D eigenvalue weighted by Crippen LogP contribution is -2.62. The molecule has 1 amide bonds. The minimum atomic E-state index is -5.16. The van der Waals surface area contributed by atoms with E-state index in [1.807, 2.05) is 0 Å². The van der Waals surface area contributed by atoms with Gasteiger partial charge in [-0.1, -0.05) is 59.3 Å². The van der Waals surface area contributed by atoms with Gasteiger partial charge in [0.25, 0.3) is 0 Å². The predicted molar refractivity (Wildman–Crippen MR) is 97.6 cm³/mol. The summed E-state index contributed by atoms with van der Waals surface area (Å²) >= 11 is 3.34. The quantitative estimate of drug-likeness (QED) is 0.503. The normalized spacial score (nSPS) is 25.2. The van der Waals surface area contributed by atoms with Crippen molar-refractivity contribution in [1.29, 1.82) is 0 Å². The second-order valence-electron chi connectivity index (χ2n) is 6.27. The van der Waals surface area contributed by atoms with Crippen LogP contribution in [0, 0.1) is 5.92 Å². The van der Waals surface area contributed by atoms with E-state index < -0.39 is 35.6 Å². The Balaban J connectivity index is 2.79. The zero-order chi connectivity index (χ0) is 20.4. The Morgan fingerprint density at radius 3 is 2.52 bits per heavy atom. The number of hydrogen-bond acceptors (Lipinski definition) is 3. The highest BCUT2D eigenvalue weighted by atomic mass is 79.9. The molecule has 146 valence electrons. The van der Waals surface area contributed by atoms with Gasteiger partial charge in [-0.05, 0) is 17.5 Å². The van der Waals surface area contributed by atoms with E-state index in [-0.39, 0.29) is 6.42 Å². The van der Waals surface area contributed by atoms with E-state index in [1.165, 1.54) is 12.2 Å². The first-order valence-corrected chi connectivity index (χ1v) is 8.93. The number of amides is 1. The standard InChI is InChI=1S/C19H19BrF3NO3/c1-4-10-18(17(26)27-3)11-9-12(2)15(13-7-5-6-8-14(13)20)24(18)16(25)19(21,22)23/h4-9,11-12,15H,1,10H2,2-3H3/t12-,15-,18+/m1/s1. The van der Waals surface area contributed by atoms with E-state index in [9.17, 15) is 22.8 Å². The van der Waals surface area contributed by atoms with Crippen LogP contribution in [0.2, 0.25) is 0 Å². The SMILES string of the molecule is C=CC[C@@]1(C(=O)OC)C=C[C@@H](C)[C@H](c2ccccc2Br)N1C(=O)C(F)(F)F. The van der Waals surface area contributed by atoms with Crippen molar-refractivity contribution in [3.63, 3.8) is 0 Å². The number of carbonyl (C=O) groups excluding carboxylic acids is 2. The predicted octanol–water partition coefficient (Wildman–Crippen LogP) is 4.57. The molecule has 3 atom stereocenters. The Morgan fingerprint density at radius 1 is 1.37 bits per heavy atom. The molecule has 0 fully saturated rings. The lowest BCUT2D eigenvalue weighted by molar-refractivity contribution is -0.199. The van der Waals surface area contributed by atoms with Gasteiger partial charge in [0, 0.05) is 10.9 Å². The zero-order valence-corrected chi connectivity index (χ0v) is 16.4. The average molecular weight is 446 g/mol. The third-order valence-electron chi connectivity index (χ3n) is 4.56. The van der Waals surface area contributed by atoms with E-state index in [0.29, 0.717) is 14.9 Å². The van der Waals surface area contributed by atoms with Crippen LogP contribution in [0.1, 0.15) is 24.9 Å². The molecule has 1 aliphatic rings. The fourth-order valence-electron chi connectivity index (χ4n) is 3.37. The Bertz CT molecular complexity index is 778. The first kappa shape index (κ1) is 21.2. The van der Waals surface area contributed by atoms with Gasteiger partial charge in [0.15, 0.2) is 5.54 Å². The summed E-state index contributed by atoms with van der Waals surface area (Å²) < 4.78 is 45.8. The molecule has 4 nitrogen and oxygen atoms in total. The zero-order valence-electron chi connectivity index (χ0n) is 14.8. The van der Waals surface area contributed by atoms with E-state index in [1.54, 1.807) is 37.3 Å². The summed E-state index contributed by atoms with van der Waals surface area (Å²) in [5, 5.41) is 0. The molecule has 0 saturated heterocycles. The number of carbonyl (C=O) groups is 2. The molecule has 0 aliphatic carbocycles. The van der Waals surface area contributed by atoms with Gasteiger partial charge in [0.2, 0.25) is 0 Å². The van der Waals surface area contributed by atoms with Crippen LogP contribution in [0.5, 0.6) is 0 Å². The van der Waals surface area contributed by atoms with E-state index in [0.717, 1.165) is 7.11 Å². The molecular formula is C19H19BrF3NO3. The van der Waals surface area contributed by atoms with Gasteiger partial charge < -0.3 is 9.64 Å². The number of esters is 1. The van der Waals surface area contributed by atoms with Crippen LogP contribution in [-0.2, 0) is 14.3 Å². The average Bonchev–Trinajstić information content (AvgIpc) is 2.61. The van der Waals surface area contributed by atoms with Crippen molar-refractivity contribution >= 4 is 27.8 Å². The van der Waals surface area contributed by atoms with Crippen molar-refractivity contribution in [1.82, 2.24) is 4.90 Å². The van der Waals surface area contributed by atoms with Gasteiger partial charge in [-0.25, -0.2) is 4.79 Å². The van der Waals surface area contributed by atoms with Crippen LogP contribution in [-0.4, -0.2) is 35.6 Å². The summed E-state index contributed by atoms with van der Waals surface area (Å²) in [6.45, 7) is 5.22. The molecule has 1 heterocycles. The summed E-state index contributed by atoms with van der Waals surface area (Å²) in [5.41, 5.74) is -1.47. The van der Waals surface area contributed by atoms with E-state index in [4.69, 9.17) is 4.74 Å². The van der Waals surface area contributed by atoms with Crippen LogP contribution in [0.4, 0.5) is 13.2 Å². The minimum absolute atomic E-state index is 0.217. The number of nitrogens with zero attached hydrogens (tertiary/aromatic N) is 1. The number of hydrogen-bond donors (Lipinski definition) is 0. The molecule has 0 bridgehead atoms. The molecule has 27 heavy (non-hydrogen) atoms. The highest BCUT2D eigenvalue weighted by Crippen LogP contribution is 2.46. The van der Waals surface area contributed by atoms with Gasteiger partial charge in [0.1, 0.15) is 0 Å². The first-order chi connectivity index (χ1) is 12.6. The monoisotopic (exact) mass is 445 g/mol. The van der Waals surface area contributed by atoms with Gasteiger partial charge >= 0.3 is 18.1 Å². The number of rotatable bonds is 4. The maximum absolute atomic E-state index is 13.5. The van der Waals surface area contributed by atoms with Crippen molar-refractivity contribution in [3.05, 3.63) is 59.1 Å². The molecule has 0 spiro atoms. The van der Waals surface area contributed by atoms with Crippen LogP contribution in [0.3, 0.4) is 0 Å². The number of ether oxygens (including phenoxy) is 1. The third kappa shape index (κ3) is 3.81. The summed E-state index contributed by atoms with van der Waals surface area (Å²) in [5.74, 6) is -3.54. The minimum Gasteiger partial charge on any atom is -0.467 e. The van der Waals surface area contributed by atoms with Gasteiger partial charge in [-0.3, -0.25) is 4.79 Å². The lowest BCUT2D eigenvalue weighted by atomic mass is 9.79. The van der Waals surface area contributed by atoms with Crippen LogP contribution < -0.4 is 0 Å². The molecule has 1 aromatic rings. The third-order valence-corrected chi connectivity index (χ3v) is 5.28. The fourth-order valence-corrected chi connectivity index (χ4v) is 3.89. The Kier molecular flexibility index (Phi) is 6.19. The molecule has 8 heteroatoms. The molecule has 1 aliphatic heterocycles. The molecule has 0 saturated carbocycles. The van der Waals surface area contributed by atoms with Gasteiger partial charge in [-0.2, -0.15) is 13.2 Å². The summed E-state index contributed by atoms with van der Waals surface area (Å²) in [6, 6.07) is 5.64. The van der Waals surface area contributed by atoms with Crippen LogP contribution >= 0.6 is 15.9 Å². The topological polar surface area (TPSA) is 46.6 Å². The van der Waals surface area contributed by atoms with Crippen LogP contribution in [0.25, 0.3) is 0 Å². The maximum atomic E-state index is 13.5. The van der Waals surface area contributed by atoms with Crippen molar-refractivity contribution in [2.75, 3.05) is 7.11 Å². The number of methoxy groups -OCH3 is 1. The molecule has 0 unspecified atom stereocenters. The highest BCUT2D eigenvalue weighted by Gasteiger charge is 2.57. The summed E-state index contributed by atoms with van der Waals surface area (Å²) in [4.78, 5) is 25.7. The number of halogens is 4. The molecule has 0 aromatic heterocycles. The van der Waals surface area contributed by atoms with E-state index >= 15 is 0 Å². The Morgan fingerprint density at radius 2 is 2.00 bits per heavy atom. The van der Waals surface area contributed by atoms with Crippen molar-refractivity contribution in [3.8, 4) is 0 Å². The molecular weight excluding hydrogens is 427 g/mol. The maximum Gasteiger partial charge on any atom is 0.471 e. The van der Waals surface area contributed by atoms with Crippen LogP contribution in [0.15, 0.2) is 53.5 Å².